The van der Waals surface area contributed by atoms with Crippen LogP contribution in [0.25, 0.3) is 0 Å². The highest BCUT2D eigenvalue weighted by atomic mass is 32.1. The van der Waals surface area contributed by atoms with Crippen LogP contribution in [0.15, 0.2) is 5.38 Å². The van der Waals surface area contributed by atoms with Gasteiger partial charge in [0, 0.05) is 18.0 Å². The summed E-state index contributed by atoms with van der Waals surface area (Å²) in [5.74, 6) is 0.931. The predicted octanol–water partition coefficient (Wildman–Crippen LogP) is 2.48. The summed E-state index contributed by atoms with van der Waals surface area (Å²) in [4.78, 5) is 18.9. The average Bonchev–Trinajstić information content (AvgIpc) is 2.93. The lowest BCUT2D eigenvalue weighted by Gasteiger charge is -2.35. The molecule has 1 aliphatic heterocycles. The zero-order valence-corrected chi connectivity index (χ0v) is 14.2. The van der Waals surface area contributed by atoms with Crippen LogP contribution in [0.2, 0.25) is 0 Å². The van der Waals surface area contributed by atoms with E-state index in [2.05, 4.69) is 36.0 Å². The van der Waals surface area contributed by atoms with Crippen LogP contribution in [-0.2, 0) is 17.6 Å². The summed E-state index contributed by atoms with van der Waals surface area (Å²) in [6, 6.07) is 0.420. The van der Waals surface area contributed by atoms with E-state index >= 15 is 0 Å². The first kappa shape index (κ1) is 16.4. The molecule has 21 heavy (non-hydrogen) atoms. The number of hydrogen-bond donors (Lipinski definition) is 1. The van der Waals surface area contributed by atoms with E-state index in [4.69, 9.17) is 0 Å². The molecule has 1 aliphatic rings. The smallest absolute Gasteiger partial charge is 0.226 e. The van der Waals surface area contributed by atoms with E-state index < -0.39 is 0 Å². The Bertz CT molecular complexity index is 452. The Balaban J connectivity index is 1.70. The molecule has 1 atom stereocenters. The van der Waals surface area contributed by atoms with Crippen molar-refractivity contribution < 1.29 is 4.79 Å². The van der Waals surface area contributed by atoms with Gasteiger partial charge in [0.15, 0.2) is 0 Å². The molecule has 1 unspecified atom stereocenters. The van der Waals surface area contributed by atoms with E-state index in [0.717, 1.165) is 42.7 Å². The fraction of sp³-hybridized carbons (Fsp3) is 0.750. The minimum absolute atomic E-state index is 0.0835. The van der Waals surface area contributed by atoms with E-state index in [1.807, 2.05) is 5.38 Å². The second-order valence-corrected chi connectivity index (χ2v) is 7.08. The third-order valence-corrected chi connectivity index (χ3v) is 5.32. The highest BCUT2D eigenvalue weighted by Gasteiger charge is 2.20. The quantitative estimate of drug-likeness (QED) is 0.878. The van der Waals surface area contributed by atoms with Gasteiger partial charge < -0.3 is 5.32 Å². The van der Waals surface area contributed by atoms with E-state index in [0.29, 0.717) is 12.5 Å². The van der Waals surface area contributed by atoms with Gasteiger partial charge in [-0.1, -0.05) is 13.8 Å². The number of carbonyl (C=O) groups excluding carboxylic acids is 1. The van der Waals surface area contributed by atoms with Crippen LogP contribution in [0.5, 0.6) is 0 Å². The number of amides is 1. The van der Waals surface area contributed by atoms with Crippen molar-refractivity contribution in [1.82, 2.24) is 15.2 Å². The van der Waals surface area contributed by atoms with Gasteiger partial charge in [-0.15, -0.1) is 11.3 Å². The maximum Gasteiger partial charge on any atom is 0.226 e. The van der Waals surface area contributed by atoms with Crippen molar-refractivity contribution in [1.29, 1.82) is 0 Å². The Morgan fingerprint density at radius 2 is 2.24 bits per heavy atom. The molecule has 0 saturated carbocycles. The lowest BCUT2D eigenvalue weighted by atomic mass is 9.98. The molecule has 1 N–H and O–H groups in total. The van der Waals surface area contributed by atoms with Crippen molar-refractivity contribution >= 4 is 17.2 Å². The van der Waals surface area contributed by atoms with Gasteiger partial charge in [0.2, 0.25) is 5.91 Å². The van der Waals surface area contributed by atoms with Crippen LogP contribution in [0.3, 0.4) is 0 Å². The molecule has 0 radical (unpaired) electrons. The van der Waals surface area contributed by atoms with Gasteiger partial charge in [0.25, 0.3) is 0 Å². The first-order chi connectivity index (χ1) is 10.1. The molecule has 2 rings (SSSR count). The molecular weight excluding hydrogens is 282 g/mol. The average molecular weight is 309 g/mol. The zero-order chi connectivity index (χ0) is 15.2. The van der Waals surface area contributed by atoms with Crippen molar-refractivity contribution in [2.24, 2.45) is 5.92 Å². The molecule has 1 amide bonds. The maximum atomic E-state index is 12.0. The highest BCUT2D eigenvalue weighted by molar-refractivity contribution is 7.09. The Morgan fingerprint density at radius 3 is 2.86 bits per heavy atom. The minimum Gasteiger partial charge on any atom is -0.354 e. The first-order valence-corrected chi connectivity index (χ1v) is 8.90. The van der Waals surface area contributed by atoms with Crippen LogP contribution in [0.1, 0.15) is 44.3 Å². The number of carbonyl (C=O) groups is 1. The third-order valence-electron chi connectivity index (χ3n) is 4.28. The normalized spacial score (nSPS) is 18.6. The molecule has 0 bridgehead atoms. The van der Waals surface area contributed by atoms with E-state index in [1.165, 1.54) is 12.8 Å². The Morgan fingerprint density at radius 1 is 1.52 bits per heavy atom. The summed E-state index contributed by atoms with van der Waals surface area (Å²) in [7, 11) is 0. The summed E-state index contributed by atoms with van der Waals surface area (Å²) in [6.45, 7) is 9.66. The fourth-order valence-electron chi connectivity index (χ4n) is 2.68. The van der Waals surface area contributed by atoms with Gasteiger partial charge >= 0.3 is 0 Å². The van der Waals surface area contributed by atoms with Gasteiger partial charge in [0.1, 0.15) is 0 Å². The predicted molar refractivity (Wildman–Crippen MR) is 87.6 cm³/mol. The van der Waals surface area contributed by atoms with Crippen LogP contribution in [0, 0.1) is 5.92 Å². The number of rotatable bonds is 6. The number of nitrogens with zero attached hydrogens (tertiary/aromatic N) is 2. The highest BCUT2D eigenvalue weighted by Crippen LogP contribution is 2.17. The molecule has 0 aliphatic carbocycles. The fourth-order valence-corrected chi connectivity index (χ4v) is 3.42. The zero-order valence-electron chi connectivity index (χ0n) is 13.4. The second kappa shape index (κ2) is 7.90. The molecule has 1 aromatic rings. The van der Waals surface area contributed by atoms with Crippen LogP contribution < -0.4 is 5.32 Å². The number of hydrogen-bond acceptors (Lipinski definition) is 4. The third kappa shape index (κ3) is 5.08. The Hall–Kier alpha value is -0.940. The maximum absolute atomic E-state index is 12.0. The number of thiazole rings is 1. The van der Waals surface area contributed by atoms with Crippen molar-refractivity contribution in [3.63, 3.8) is 0 Å². The standard InChI is InChI=1S/C16H27N3OS/c1-4-16-18-14(11-21-16)9-15(20)17-10-13(3)19-7-5-12(2)6-8-19/h11-13H,4-10H2,1-3H3,(H,17,20). The molecular formula is C16H27N3OS. The summed E-state index contributed by atoms with van der Waals surface area (Å²) < 4.78 is 0. The van der Waals surface area contributed by atoms with E-state index in [9.17, 15) is 4.79 Å². The number of piperidine rings is 1. The summed E-state index contributed by atoms with van der Waals surface area (Å²) >= 11 is 1.64. The Labute approximate surface area is 132 Å². The van der Waals surface area contributed by atoms with E-state index in [1.54, 1.807) is 11.3 Å². The molecule has 1 aromatic heterocycles. The van der Waals surface area contributed by atoms with Gasteiger partial charge in [-0.2, -0.15) is 0 Å². The number of aryl methyl sites for hydroxylation is 1. The second-order valence-electron chi connectivity index (χ2n) is 6.13. The number of aromatic nitrogens is 1. The van der Waals surface area contributed by atoms with E-state index in [-0.39, 0.29) is 5.91 Å². The molecule has 5 heteroatoms. The number of likely N-dealkylation sites (tertiary alicyclic amines) is 1. The van der Waals surface area contributed by atoms with Crippen molar-refractivity contribution in [2.45, 2.75) is 52.5 Å². The summed E-state index contributed by atoms with van der Waals surface area (Å²) in [5.41, 5.74) is 0.897. The molecule has 4 nitrogen and oxygen atoms in total. The molecule has 1 fully saturated rings. The minimum atomic E-state index is 0.0835. The first-order valence-electron chi connectivity index (χ1n) is 8.02. The molecule has 0 aromatic carbocycles. The van der Waals surface area contributed by atoms with Gasteiger partial charge in [-0.05, 0) is 45.2 Å². The largest absolute Gasteiger partial charge is 0.354 e. The van der Waals surface area contributed by atoms with Crippen molar-refractivity contribution in [3.8, 4) is 0 Å². The molecule has 0 spiro atoms. The van der Waals surface area contributed by atoms with Crippen LogP contribution in [-0.4, -0.2) is 41.5 Å². The van der Waals surface area contributed by atoms with Crippen LogP contribution in [0.4, 0.5) is 0 Å². The van der Waals surface area contributed by atoms with Crippen molar-refractivity contribution in [2.75, 3.05) is 19.6 Å². The van der Waals surface area contributed by atoms with Gasteiger partial charge in [0.05, 0.1) is 17.1 Å². The van der Waals surface area contributed by atoms with Gasteiger partial charge in [-0.25, -0.2) is 4.98 Å². The molecule has 1 saturated heterocycles. The molecule has 118 valence electrons. The monoisotopic (exact) mass is 309 g/mol. The van der Waals surface area contributed by atoms with Gasteiger partial charge in [-0.3, -0.25) is 9.69 Å². The Kier molecular flexibility index (Phi) is 6.18. The summed E-state index contributed by atoms with van der Waals surface area (Å²) in [5, 5.41) is 6.15. The lowest BCUT2D eigenvalue weighted by Crippen LogP contribution is -2.45. The van der Waals surface area contributed by atoms with Crippen molar-refractivity contribution in [3.05, 3.63) is 16.1 Å². The topological polar surface area (TPSA) is 45.2 Å². The lowest BCUT2D eigenvalue weighted by molar-refractivity contribution is -0.120. The SMILES string of the molecule is CCc1nc(CC(=O)NCC(C)N2CCC(C)CC2)cs1. The number of nitrogens with one attached hydrogen (secondary N) is 1. The molecule has 2 heterocycles. The summed E-state index contributed by atoms with van der Waals surface area (Å²) in [6.07, 6.45) is 3.89. The van der Waals surface area contributed by atoms with Crippen LogP contribution >= 0.6 is 11.3 Å².